The van der Waals surface area contributed by atoms with Crippen LogP contribution in [0.4, 0.5) is 0 Å². The zero-order valence-electron chi connectivity index (χ0n) is 12.0. The highest BCUT2D eigenvalue weighted by molar-refractivity contribution is 4.78. The molecule has 0 saturated heterocycles. The smallest absolute Gasteiger partial charge is 0.0673 e. The Morgan fingerprint density at radius 1 is 1.00 bits per heavy atom. The average Bonchev–Trinajstić information content (AvgIpc) is 2.30. The second kappa shape index (κ2) is 8.06. The standard InChI is InChI=1S/C14H30O3/c1-5-8-14(16,7-3)10-12-17-13(4,6-2)9-11-15/h15-16H,5-12H2,1-4H3. The number of aliphatic hydroxyl groups excluding tert-OH is 1. The van der Waals surface area contributed by atoms with Crippen LogP contribution in [0.15, 0.2) is 0 Å². The summed E-state index contributed by atoms with van der Waals surface area (Å²) in [6.45, 7) is 8.90. The lowest BCUT2D eigenvalue weighted by Gasteiger charge is -2.31. The zero-order chi connectivity index (χ0) is 13.4. The van der Waals surface area contributed by atoms with E-state index in [9.17, 15) is 5.11 Å². The Balaban J connectivity index is 4.10. The van der Waals surface area contributed by atoms with Gasteiger partial charge in [-0.25, -0.2) is 0 Å². The predicted octanol–water partition coefficient (Wildman–Crippen LogP) is 2.89. The molecule has 2 atom stereocenters. The van der Waals surface area contributed by atoms with Gasteiger partial charge < -0.3 is 14.9 Å². The van der Waals surface area contributed by atoms with Crippen molar-refractivity contribution in [3.63, 3.8) is 0 Å². The Kier molecular flexibility index (Phi) is 8.01. The number of aliphatic hydroxyl groups is 2. The summed E-state index contributed by atoms with van der Waals surface area (Å²) in [5.41, 5.74) is -0.835. The SMILES string of the molecule is CCCC(O)(CC)CCOC(C)(CC)CCO. The van der Waals surface area contributed by atoms with Crippen molar-refractivity contribution in [1.82, 2.24) is 0 Å². The lowest BCUT2D eigenvalue weighted by molar-refractivity contribution is -0.0784. The highest BCUT2D eigenvalue weighted by Crippen LogP contribution is 2.25. The van der Waals surface area contributed by atoms with E-state index in [4.69, 9.17) is 9.84 Å². The molecule has 3 heteroatoms. The third kappa shape index (κ3) is 6.39. The second-order valence-corrected chi connectivity index (χ2v) is 5.20. The molecule has 0 aliphatic carbocycles. The molecule has 0 amide bonds. The van der Waals surface area contributed by atoms with E-state index in [2.05, 4.69) is 13.8 Å². The number of rotatable bonds is 10. The Labute approximate surface area is 106 Å². The normalized spacial score (nSPS) is 18.7. The zero-order valence-corrected chi connectivity index (χ0v) is 12.0. The van der Waals surface area contributed by atoms with Gasteiger partial charge in [-0.1, -0.05) is 27.2 Å². The Morgan fingerprint density at radius 2 is 1.65 bits per heavy atom. The fourth-order valence-corrected chi connectivity index (χ4v) is 2.02. The van der Waals surface area contributed by atoms with Crippen LogP contribution >= 0.6 is 0 Å². The lowest BCUT2D eigenvalue weighted by atomic mass is 9.91. The Bertz CT molecular complexity index is 176. The minimum atomic E-state index is -0.581. The van der Waals surface area contributed by atoms with Crippen LogP contribution in [0.25, 0.3) is 0 Å². The van der Waals surface area contributed by atoms with Gasteiger partial charge in [-0.2, -0.15) is 0 Å². The van der Waals surface area contributed by atoms with Gasteiger partial charge in [0.1, 0.15) is 0 Å². The third-order valence-electron chi connectivity index (χ3n) is 3.78. The molecule has 0 saturated carbocycles. The molecule has 0 aliphatic heterocycles. The highest BCUT2D eigenvalue weighted by atomic mass is 16.5. The molecule has 0 fully saturated rings. The molecule has 0 rings (SSSR count). The van der Waals surface area contributed by atoms with Crippen molar-refractivity contribution in [2.75, 3.05) is 13.2 Å². The molecule has 0 heterocycles. The van der Waals surface area contributed by atoms with Crippen LogP contribution in [0.1, 0.15) is 66.2 Å². The topological polar surface area (TPSA) is 49.7 Å². The van der Waals surface area contributed by atoms with Gasteiger partial charge in [0.2, 0.25) is 0 Å². The monoisotopic (exact) mass is 246 g/mol. The van der Waals surface area contributed by atoms with E-state index in [0.717, 1.165) is 25.7 Å². The van der Waals surface area contributed by atoms with Crippen molar-refractivity contribution in [2.45, 2.75) is 77.4 Å². The molecule has 104 valence electrons. The van der Waals surface area contributed by atoms with E-state index < -0.39 is 5.60 Å². The minimum absolute atomic E-state index is 0.150. The van der Waals surface area contributed by atoms with Gasteiger partial charge in [0.05, 0.1) is 17.8 Å². The first kappa shape index (κ1) is 16.9. The molecule has 2 N–H and O–H groups in total. The summed E-state index contributed by atoms with van der Waals surface area (Å²) >= 11 is 0. The summed E-state index contributed by atoms with van der Waals surface area (Å²) in [5, 5.41) is 19.3. The molecule has 2 unspecified atom stereocenters. The van der Waals surface area contributed by atoms with Crippen molar-refractivity contribution < 1.29 is 14.9 Å². The average molecular weight is 246 g/mol. The van der Waals surface area contributed by atoms with E-state index in [1.54, 1.807) is 0 Å². The van der Waals surface area contributed by atoms with Crippen LogP contribution in [0, 0.1) is 0 Å². The summed E-state index contributed by atoms with van der Waals surface area (Å²) in [7, 11) is 0. The first-order valence-corrected chi connectivity index (χ1v) is 6.92. The quantitative estimate of drug-likeness (QED) is 0.623. The molecule has 3 nitrogen and oxygen atoms in total. The van der Waals surface area contributed by atoms with Gasteiger partial charge in [-0.3, -0.25) is 0 Å². The first-order chi connectivity index (χ1) is 7.95. The molecule has 0 bridgehead atoms. The first-order valence-electron chi connectivity index (χ1n) is 6.92. The minimum Gasteiger partial charge on any atom is -0.396 e. The van der Waals surface area contributed by atoms with Crippen molar-refractivity contribution in [2.24, 2.45) is 0 Å². The fourth-order valence-electron chi connectivity index (χ4n) is 2.02. The Morgan fingerprint density at radius 3 is 2.06 bits per heavy atom. The van der Waals surface area contributed by atoms with Gasteiger partial charge in [-0.05, 0) is 39.0 Å². The summed E-state index contributed by atoms with van der Waals surface area (Å²) in [6.07, 6.45) is 4.81. The fraction of sp³-hybridized carbons (Fsp3) is 1.00. The largest absolute Gasteiger partial charge is 0.396 e. The van der Waals surface area contributed by atoms with Crippen LogP contribution < -0.4 is 0 Å². The number of ether oxygens (including phenoxy) is 1. The molecule has 0 aromatic heterocycles. The van der Waals surface area contributed by atoms with Gasteiger partial charge in [-0.15, -0.1) is 0 Å². The van der Waals surface area contributed by atoms with E-state index in [-0.39, 0.29) is 12.2 Å². The van der Waals surface area contributed by atoms with E-state index >= 15 is 0 Å². The van der Waals surface area contributed by atoms with Crippen molar-refractivity contribution in [3.05, 3.63) is 0 Å². The second-order valence-electron chi connectivity index (χ2n) is 5.20. The molecule has 0 aromatic rings. The lowest BCUT2D eigenvalue weighted by Crippen LogP contribution is -2.34. The van der Waals surface area contributed by atoms with Crippen molar-refractivity contribution in [1.29, 1.82) is 0 Å². The van der Waals surface area contributed by atoms with Crippen LogP contribution in [-0.2, 0) is 4.74 Å². The molecule has 17 heavy (non-hydrogen) atoms. The van der Waals surface area contributed by atoms with Gasteiger partial charge >= 0.3 is 0 Å². The molecule has 0 spiro atoms. The maximum absolute atomic E-state index is 10.3. The Hall–Kier alpha value is -0.120. The third-order valence-corrected chi connectivity index (χ3v) is 3.78. The maximum Gasteiger partial charge on any atom is 0.0673 e. The van der Waals surface area contributed by atoms with E-state index in [1.165, 1.54) is 0 Å². The molecular formula is C14H30O3. The van der Waals surface area contributed by atoms with Gasteiger partial charge in [0.15, 0.2) is 0 Å². The molecule has 0 aliphatic rings. The molecular weight excluding hydrogens is 216 g/mol. The summed E-state index contributed by atoms with van der Waals surface area (Å²) < 4.78 is 5.84. The summed E-state index contributed by atoms with van der Waals surface area (Å²) in [4.78, 5) is 0. The number of hydrogen-bond donors (Lipinski definition) is 2. The van der Waals surface area contributed by atoms with Crippen LogP contribution in [0.5, 0.6) is 0 Å². The molecule has 0 radical (unpaired) electrons. The van der Waals surface area contributed by atoms with E-state index in [0.29, 0.717) is 19.4 Å². The predicted molar refractivity (Wildman–Crippen MR) is 71.1 cm³/mol. The van der Waals surface area contributed by atoms with Crippen LogP contribution in [0.2, 0.25) is 0 Å². The summed E-state index contributed by atoms with van der Waals surface area (Å²) in [5.74, 6) is 0. The maximum atomic E-state index is 10.3. The summed E-state index contributed by atoms with van der Waals surface area (Å²) in [6, 6.07) is 0. The van der Waals surface area contributed by atoms with Gasteiger partial charge in [0, 0.05) is 6.61 Å². The van der Waals surface area contributed by atoms with Crippen LogP contribution in [-0.4, -0.2) is 34.6 Å². The van der Waals surface area contributed by atoms with Crippen molar-refractivity contribution in [3.8, 4) is 0 Å². The van der Waals surface area contributed by atoms with E-state index in [1.807, 2.05) is 13.8 Å². The van der Waals surface area contributed by atoms with Gasteiger partial charge in [0.25, 0.3) is 0 Å². The number of hydrogen-bond acceptors (Lipinski definition) is 3. The van der Waals surface area contributed by atoms with Crippen LogP contribution in [0.3, 0.4) is 0 Å². The molecule has 0 aromatic carbocycles. The highest BCUT2D eigenvalue weighted by Gasteiger charge is 2.26. The van der Waals surface area contributed by atoms with Crippen molar-refractivity contribution >= 4 is 0 Å².